The van der Waals surface area contributed by atoms with Crippen LogP contribution in [0, 0.1) is 24.2 Å². The second kappa shape index (κ2) is 8.59. The van der Waals surface area contributed by atoms with Crippen molar-refractivity contribution in [3.63, 3.8) is 0 Å². The van der Waals surface area contributed by atoms with Gasteiger partial charge in [-0.2, -0.15) is 9.57 Å². The van der Waals surface area contributed by atoms with Gasteiger partial charge in [0.05, 0.1) is 30.2 Å². The number of piperidine rings is 1. The smallest absolute Gasteiger partial charge is 0.243 e. The Bertz CT molecular complexity index is 977. The zero-order chi connectivity index (χ0) is 20.1. The van der Waals surface area contributed by atoms with Gasteiger partial charge in [-0.1, -0.05) is 0 Å². The molecule has 1 aromatic heterocycles. The lowest BCUT2D eigenvalue weighted by Crippen LogP contribution is -2.39. The molecule has 0 amide bonds. The number of aryl methyl sites for hydroxylation is 1. The summed E-state index contributed by atoms with van der Waals surface area (Å²) in [4.78, 5) is 4.39. The number of nitrogens with zero attached hydrogens (tertiary/aromatic N) is 3. The van der Waals surface area contributed by atoms with Crippen LogP contribution in [0.5, 0.6) is 11.6 Å². The number of aromatic nitrogens is 1. The predicted molar refractivity (Wildman–Crippen MR) is 104 cm³/mol. The van der Waals surface area contributed by atoms with Gasteiger partial charge in [-0.3, -0.25) is 0 Å². The van der Waals surface area contributed by atoms with Crippen molar-refractivity contribution >= 4 is 10.0 Å². The quantitative estimate of drug-likeness (QED) is 0.739. The Morgan fingerprint density at radius 3 is 2.64 bits per heavy atom. The molecule has 1 aliphatic rings. The van der Waals surface area contributed by atoms with Gasteiger partial charge in [0.1, 0.15) is 5.75 Å². The molecule has 1 fully saturated rings. The molecule has 0 spiro atoms. The summed E-state index contributed by atoms with van der Waals surface area (Å²) in [7, 11) is -1.96. The molecule has 0 aliphatic carbocycles. The van der Waals surface area contributed by atoms with Gasteiger partial charge in [-0.15, -0.1) is 0 Å². The van der Waals surface area contributed by atoms with E-state index >= 15 is 0 Å². The van der Waals surface area contributed by atoms with E-state index in [0.717, 1.165) is 5.56 Å². The van der Waals surface area contributed by atoms with E-state index in [1.54, 1.807) is 43.6 Å². The highest BCUT2D eigenvalue weighted by molar-refractivity contribution is 7.89. The van der Waals surface area contributed by atoms with Gasteiger partial charge in [0, 0.05) is 25.4 Å². The maximum absolute atomic E-state index is 12.9. The molecule has 28 heavy (non-hydrogen) atoms. The largest absolute Gasteiger partial charge is 0.496 e. The minimum Gasteiger partial charge on any atom is -0.496 e. The highest BCUT2D eigenvalue weighted by atomic mass is 32.2. The van der Waals surface area contributed by atoms with Gasteiger partial charge in [0.25, 0.3) is 0 Å². The number of hydrogen-bond donors (Lipinski definition) is 0. The maximum atomic E-state index is 12.9. The van der Waals surface area contributed by atoms with Gasteiger partial charge in [-0.05, 0) is 55.5 Å². The number of rotatable bonds is 6. The number of benzene rings is 1. The molecule has 8 heteroatoms. The highest BCUT2D eigenvalue weighted by Crippen LogP contribution is 2.27. The third-order valence-corrected chi connectivity index (χ3v) is 6.80. The topological polar surface area (TPSA) is 92.5 Å². The average molecular weight is 401 g/mol. The summed E-state index contributed by atoms with van der Waals surface area (Å²) in [6, 6.07) is 10.2. The molecule has 2 aromatic rings. The van der Waals surface area contributed by atoms with E-state index in [-0.39, 0.29) is 10.8 Å². The second-order valence-electron chi connectivity index (χ2n) is 6.78. The Labute approximate surface area is 165 Å². The Kier molecular flexibility index (Phi) is 6.17. The van der Waals surface area contributed by atoms with Crippen LogP contribution in [0.2, 0.25) is 0 Å². The van der Waals surface area contributed by atoms with Crippen LogP contribution >= 0.6 is 0 Å². The Morgan fingerprint density at radius 2 is 2.00 bits per heavy atom. The van der Waals surface area contributed by atoms with Crippen LogP contribution in [-0.2, 0) is 10.0 Å². The molecule has 7 nitrogen and oxygen atoms in total. The molecule has 0 bridgehead atoms. The van der Waals surface area contributed by atoms with Crippen molar-refractivity contribution in [2.45, 2.75) is 24.7 Å². The van der Waals surface area contributed by atoms with E-state index in [0.29, 0.717) is 49.7 Å². The molecular weight excluding hydrogens is 378 g/mol. The molecule has 148 valence electrons. The van der Waals surface area contributed by atoms with Crippen LogP contribution in [0.3, 0.4) is 0 Å². The SMILES string of the molecule is COc1ccc(S(=O)(=O)N2CCC(COc3cc(C#N)ccn3)CC2)cc1C. The van der Waals surface area contributed by atoms with Gasteiger partial charge in [0.2, 0.25) is 15.9 Å². The Morgan fingerprint density at radius 1 is 1.25 bits per heavy atom. The number of nitriles is 1. The van der Waals surface area contributed by atoms with Crippen LogP contribution in [0.25, 0.3) is 0 Å². The van der Waals surface area contributed by atoms with E-state index in [4.69, 9.17) is 14.7 Å². The molecule has 1 aliphatic heterocycles. The minimum atomic E-state index is -3.52. The van der Waals surface area contributed by atoms with E-state index in [9.17, 15) is 8.42 Å². The first kappa shape index (κ1) is 20.1. The average Bonchev–Trinajstić information content (AvgIpc) is 2.72. The Balaban J connectivity index is 1.58. The molecule has 0 N–H and O–H groups in total. The van der Waals surface area contributed by atoms with Crippen LogP contribution in [-0.4, -0.2) is 44.5 Å². The van der Waals surface area contributed by atoms with Crippen molar-refractivity contribution in [2.24, 2.45) is 5.92 Å². The molecule has 0 atom stereocenters. The van der Waals surface area contributed by atoms with E-state index < -0.39 is 10.0 Å². The van der Waals surface area contributed by atoms with Crippen LogP contribution in [0.1, 0.15) is 24.0 Å². The van der Waals surface area contributed by atoms with Crippen molar-refractivity contribution in [1.29, 1.82) is 5.26 Å². The predicted octanol–water partition coefficient (Wildman–Crippen LogP) is 2.75. The molecule has 0 unspecified atom stereocenters. The lowest BCUT2D eigenvalue weighted by Gasteiger charge is -2.31. The first-order valence-electron chi connectivity index (χ1n) is 9.08. The molecule has 1 aromatic carbocycles. The van der Waals surface area contributed by atoms with E-state index in [1.807, 2.05) is 6.92 Å². The molecular formula is C20H23N3O4S. The summed E-state index contributed by atoms with van der Waals surface area (Å²) in [6.07, 6.45) is 2.97. The summed E-state index contributed by atoms with van der Waals surface area (Å²) >= 11 is 0. The van der Waals surface area contributed by atoms with Crippen LogP contribution in [0.15, 0.2) is 41.4 Å². The van der Waals surface area contributed by atoms with Crippen LogP contribution in [0.4, 0.5) is 0 Å². The summed E-state index contributed by atoms with van der Waals surface area (Å²) in [5, 5.41) is 8.92. The third kappa shape index (κ3) is 4.43. The summed E-state index contributed by atoms with van der Waals surface area (Å²) in [5.41, 5.74) is 1.29. The first-order valence-corrected chi connectivity index (χ1v) is 10.5. The molecule has 2 heterocycles. The Hall–Kier alpha value is -2.63. The number of ether oxygens (including phenoxy) is 2. The standard InChI is InChI=1S/C20H23N3O4S/c1-15-11-18(3-4-19(15)26-2)28(24,25)23-9-6-16(7-10-23)14-27-20-12-17(13-21)5-8-22-20/h3-5,8,11-12,16H,6-7,9-10,14H2,1-2H3. The lowest BCUT2D eigenvalue weighted by molar-refractivity contribution is 0.181. The van der Waals surface area contributed by atoms with Gasteiger partial charge in [0.15, 0.2) is 0 Å². The van der Waals surface area contributed by atoms with Gasteiger partial charge in [-0.25, -0.2) is 13.4 Å². The van der Waals surface area contributed by atoms with Crippen molar-refractivity contribution in [1.82, 2.24) is 9.29 Å². The molecule has 1 saturated heterocycles. The van der Waals surface area contributed by atoms with Crippen molar-refractivity contribution in [3.8, 4) is 17.7 Å². The summed E-state index contributed by atoms with van der Waals surface area (Å²) in [6.45, 7) is 3.19. The lowest BCUT2D eigenvalue weighted by atomic mass is 9.99. The first-order chi connectivity index (χ1) is 13.4. The van der Waals surface area contributed by atoms with Crippen LogP contribution < -0.4 is 9.47 Å². The molecule has 0 radical (unpaired) electrons. The van der Waals surface area contributed by atoms with Crippen molar-refractivity contribution in [2.75, 3.05) is 26.8 Å². The van der Waals surface area contributed by atoms with E-state index in [1.165, 1.54) is 4.31 Å². The molecule has 3 rings (SSSR count). The monoisotopic (exact) mass is 401 g/mol. The number of sulfonamides is 1. The fourth-order valence-electron chi connectivity index (χ4n) is 3.24. The van der Waals surface area contributed by atoms with Gasteiger partial charge >= 0.3 is 0 Å². The normalized spacial score (nSPS) is 15.8. The minimum absolute atomic E-state index is 0.247. The zero-order valence-electron chi connectivity index (χ0n) is 16.0. The number of pyridine rings is 1. The number of methoxy groups -OCH3 is 1. The molecule has 0 saturated carbocycles. The maximum Gasteiger partial charge on any atom is 0.243 e. The fraction of sp³-hybridized carbons (Fsp3) is 0.400. The summed E-state index contributed by atoms with van der Waals surface area (Å²) < 4.78 is 38.2. The summed E-state index contributed by atoms with van der Waals surface area (Å²) in [5.74, 6) is 1.34. The number of hydrogen-bond acceptors (Lipinski definition) is 6. The highest BCUT2D eigenvalue weighted by Gasteiger charge is 2.30. The van der Waals surface area contributed by atoms with E-state index in [2.05, 4.69) is 11.1 Å². The van der Waals surface area contributed by atoms with Crippen molar-refractivity contribution in [3.05, 3.63) is 47.7 Å². The van der Waals surface area contributed by atoms with Gasteiger partial charge < -0.3 is 9.47 Å². The second-order valence-corrected chi connectivity index (χ2v) is 8.72. The van der Waals surface area contributed by atoms with Crippen molar-refractivity contribution < 1.29 is 17.9 Å². The third-order valence-electron chi connectivity index (χ3n) is 4.91. The zero-order valence-corrected chi connectivity index (χ0v) is 16.8. The fourth-order valence-corrected chi connectivity index (χ4v) is 4.79.